The Labute approximate surface area is 195 Å². The fourth-order valence-electron chi connectivity index (χ4n) is 4.15. The molecule has 1 aliphatic rings. The molecule has 0 aliphatic carbocycles. The van der Waals surface area contributed by atoms with Crippen molar-refractivity contribution in [3.05, 3.63) is 76.5 Å². The second kappa shape index (κ2) is 10.6. The lowest BCUT2D eigenvalue weighted by molar-refractivity contribution is 0.0915. The SMILES string of the molecule is Cc1ccc(Cc2nnc(C(=O)NCCCN3CCN(c4cc(C)ccc4C)CC3)o2)cc1. The van der Waals surface area contributed by atoms with Crippen LogP contribution in [0, 0.1) is 20.8 Å². The van der Waals surface area contributed by atoms with E-state index in [1.165, 1.54) is 22.4 Å². The van der Waals surface area contributed by atoms with E-state index in [2.05, 4.69) is 57.4 Å². The standard InChI is InChI=1S/C26H33N5O2/c1-19-6-9-22(10-7-19)18-24-28-29-26(33-24)25(32)27-11-4-12-30-13-15-31(16-14-30)23-17-20(2)5-8-21(23)3/h5-10,17H,4,11-16,18H2,1-3H3,(H,27,32). The average Bonchev–Trinajstić information content (AvgIpc) is 3.29. The van der Waals surface area contributed by atoms with Gasteiger partial charge < -0.3 is 14.6 Å². The molecule has 3 aromatic rings. The molecule has 0 saturated carbocycles. The number of hydrogen-bond acceptors (Lipinski definition) is 6. The molecule has 2 heterocycles. The van der Waals surface area contributed by atoms with Crippen molar-refractivity contribution in [1.82, 2.24) is 20.4 Å². The lowest BCUT2D eigenvalue weighted by Crippen LogP contribution is -2.47. The molecule has 7 nitrogen and oxygen atoms in total. The van der Waals surface area contributed by atoms with Gasteiger partial charge in [-0.05, 0) is 56.5 Å². The van der Waals surface area contributed by atoms with Crippen LogP contribution in [0.25, 0.3) is 0 Å². The van der Waals surface area contributed by atoms with Gasteiger partial charge in [0.2, 0.25) is 5.89 Å². The van der Waals surface area contributed by atoms with Gasteiger partial charge in [-0.3, -0.25) is 9.69 Å². The largest absolute Gasteiger partial charge is 0.417 e. The predicted molar refractivity (Wildman–Crippen MR) is 130 cm³/mol. The van der Waals surface area contributed by atoms with Crippen molar-refractivity contribution in [2.75, 3.05) is 44.2 Å². The topological polar surface area (TPSA) is 74.5 Å². The Bertz CT molecular complexity index is 1070. The molecule has 1 amide bonds. The average molecular weight is 448 g/mol. The zero-order chi connectivity index (χ0) is 23.2. The van der Waals surface area contributed by atoms with Gasteiger partial charge in [-0.2, -0.15) is 0 Å². The molecule has 0 bridgehead atoms. The number of amides is 1. The molecule has 7 heteroatoms. The number of aromatic nitrogens is 2. The summed E-state index contributed by atoms with van der Waals surface area (Å²) in [6.45, 7) is 12.1. The van der Waals surface area contributed by atoms with Crippen molar-refractivity contribution in [2.24, 2.45) is 0 Å². The Balaban J connectivity index is 1.16. The van der Waals surface area contributed by atoms with Crippen LogP contribution >= 0.6 is 0 Å². The number of nitrogens with zero attached hydrogens (tertiary/aromatic N) is 4. The van der Waals surface area contributed by atoms with Crippen LogP contribution in [0.5, 0.6) is 0 Å². The maximum Gasteiger partial charge on any atom is 0.308 e. The van der Waals surface area contributed by atoms with Crippen molar-refractivity contribution in [3.63, 3.8) is 0 Å². The number of rotatable bonds is 8. The Morgan fingerprint density at radius 1 is 0.970 bits per heavy atom. The van der Waals surface area contributed by atoms with Gasteiger partial charge in [0.15, 0.2) is 0 Å². The minimum atomic E-state index is -0.308. The molecule has 1 N–H and O–H groups in total. The predicted octanol–water partition coefficient (Wildman–Crippen LogP) is 3.53. The number of carbonyl (C=O) groups excluding carboxylic acids is 1. The lowest BCUT2D eigenvalue weighted by atomic mass is 10.1. The number of anilines is 1. The van der Waals surface area contributed by atoms with Gasteiger partial charge in [0.1, 0.15) is 0 Å². The first-order valence-electron chi connectivity index (χ1n) is 11.7. The molecule has 4 rings (SSSR count). The van der Waals surface area contributed by atoms with E-state index in [0.29, 0.717) is 18.9 Å². The summed E-state index contributed by atoms with van der Waals surface area (Å²) in [5.74, 6) is 0.169. The summed E-state index contributed by atoms with van der Waals surface area (Å²) >= 11 is 0. The number of nitrogens with one attached hydrogen (secondary N) is 1. The van der Waals surface area contributed by atoms with Crippen LogP contribution in [0.1, 0.15) is 45.3 Å². The van der Waals surface area contributed by atoms with Crippen molar-refractivity contribution < 1.29 is 9.21 Å². The molecule has 1 saturated heterocycles. The van der Waals surface area contributed by atoms with Crippen LogP contribution in [-0.2, 0) is 6.42 Å². The van der Waals surface area contributed by atoms with Crippen molar-refractivity contribution in [2.45, 2.75) is 33.6 Å². The highest BCUT2D eigenvalue weighted by atomic mass is 16.4. The van der Waals surface area contributed by atoms with E-state index in [0.717, 1.165) is 44.7 Å². The molecule has 1 fully saturated rings. The molecule has 2 aromatic carbocycles. The molecule has 1 aliphatic heterocycles. The van der Waals surface area contributed by atoms with E-state index in [4.69, 9.17) is 4.42 Å². The Morgan fingerprint density at radius 2 is 1.70 bits per heavy atom. The van der Waals surface area contributed by atoms with Crippen LogP contribution in [0.2, 0.25) is 0 Å². The van der Waals surface area contributed by atoms with Crippen molar-refractivity contribution in [1.29, 1.82) is 0 Å². The normalized spacial score (nSPS) is 14.5. The third-order valence-electron chi connectivity index (χ3n) is 6.15. The van der Waals surface area contributed by atoms with E-state index < -0.39 is 0 Å². The van der Waals surface area contributed by atoms with Crippen LogP contribution in [0.3, 0.4) is 0 Å². The molecule has 0 radical (unpaired) electrons. The minimum absolute atomic E-state index is 0.0271. The third kappa shape index (κ3) is 6.20. The van der Waals surface area contributed by atoms with Gasteiger partial charge in [-0.15, -0.1) is 10.2 Å². The number of aryl methyl sites for hydroxylation is 3. The van der Waals surface area contributed by atoms with Gasteiger partial charge in [-0.1, -0.05) is 42.0 Å². The number of piperazine rings is 1. The monoisotopic (exact) mass is 447 g/mol. The van der Waals surface area contributed by atoms with Crippen LogP contribution < -0.4 is 10.2 Å². The molecule has 0 unspecified atom stereocenters. The summed E-state index contributed by atoms with van der Waals surface area (Å²) in [5.41, 5.74) is 6.27. The van der Waals surface area contributed by atoms with E-state index in [-0.39, 0.29) is 11.8 Å². The highest BCUT2D eigenvalue weighted by Crippen LogP contribution is 2.22. The summed E-state index contributed by atoms with van der Waals surface area (Å²) in [6, 6.07) is 14.8. The maximum absolute atomic E-state index is 12.3. The number of carbonyl (C=O) groups is 1. The molecule has 0 atom stereocenters. The Kier molecular flexibility index (Phi) is 7.40. The fourth-order valence-corrected chi connectivity index (χ4v) is 4.15. The maximum atomic E-state index is 12.3. The van der Waals surface area contributed by atoms with Gasteiger partial charge >= 0.3 is 11.8 Å². The third-order valence-corrected chi connectivity index (χ3v) is 6.15. The molecular weight excluding hydrogens is 414 g/mol. The molecule has 0 spiro atoms. The van der Waals surface area contributed by atoms with E-state index in [1.807, 2.05) is 31.2 Å². The van der Waals surface area contributed by atoms with Crippen LogP contribution in [0.4, 0.5) is 5.69 Å². The molecular formula is C26H33N5O2. The van der Waals surface area contributed by atoms with Crippen molar-refractivity contribution >= 4 is 11.6 Å². The molecule has 174 valence electrons. The summed E-state index contributed by atoms with van der Waals surface area (Å²) in [7, 11) is 0. The van der Waals surface area contributed by atoms with Gasteiger partial charge in [0.25, 0.3) is 0 Å². The highest BCUT2D eigenvalue weighted by molar-refractivity contribution is 5.89. The zero-order valence-electron chi connectivity index (χ0n) is 19.8. The van der Waals surface area contributed by atoms with E-state index in [9.17, 15) is 4.79 Å². The minimum Gasteiger partial charge on any atom is -0.417 e. The van der Waals surface area contributed by atoms with Gasteiger partial charge in [0.05, 0.1) is 6.42 Å². The molecule has 1 aromatic heterocycles. The van der Waals surface area contributed by atoms with Crippen molar-refractivity contribution in [3.8, 4) is 0 Å². The summed E-state index contributed by atoms with van der Waals surface area (Å²) in [6.07, 6.45) is 1.41. The first-order chi connectivity index (χ1) is 16.0. The first-order valence-corrected chi connectivity index (χ1v) is 11.7. The Morgan fingerprint density at radius 3 is 2.45 bits per heavy atom. The van der Waals surface area contributed by atoms with Gasteiger partial charge in [0, 0.05) is 38.4 Å². The fraction of sp³-hybridized carbons (Fsp3) is 0.423. The first kappa shape index (κ1) is 23.0. The second-order valence-corrected chi connectivity index (χ2v) is 8.89. The van der Waals surface area contributed by atoms with Crippen LogP contribution in [0.15, 0.2) is 46.9 Å². The number of benzene rings is 2. The smallest absolute Gasteiger partial charge is 0.308 e. The highest BCUT2D eigenvalue weighted by Gasteiger charge is 2.19. The molecule has 33 heavy (non-hydrogen) atoms. The quantitative estimate of drug-likeness (QED) is 0.533. The zero-order valence-corrected chi connectivity index (χ0v) is 19.8. The van der Waals surface area contributed by atoms with E-state index >= 15 is 0 Å². The Hall–Kier alpha value is -3.19. The second-order valence-electron chi connectivity index (χ2n) is 8.89. The lowest BCUT2D eigenvalue weighted by Gasteiger charge is -2.37. The van der Waals surface area contributed by atoms with Crippen LogP contribution in [-0.4, -0.2) is 60.3 Å². The van der Waals surface area contributed by atoms with E-state index in [1.54, 1.807) is 0 Å². The number of hydrogen-bond donors (Lipinski definition) is 1. The van der Waals surface area contributed by atoms with Gasteiger partial charge in [-0.25, -0.2) is 0 Å². The summed E-state index contributed by atoms with van der Waals surface area (Å²) in [4.78, 5) is 17.3. The summed E-state index contributed by atoms with van der Waals surface area (Å²) in [5, 5.41) is 10.8. The summed E-state index contributed by atoms with van der Waals surface area (Å²) < 4.78 is 5.55.